The Labute approximate surface area is 162 Å². The lowest BCUT2D eigenvalue weighted by molar-refractivity contribution is -0.225. The van der Waals surface area contributed by atoms with Gasteiger partial charge in [-0.15, -0.1) is 5.06 Å². The van der Waals surface area contributed by atoms with Crippen LogP contribution in [0.4, 0.5) is 4.79 Å². The molecule has 0 aromatic heterocycles. The van der Waals surface area contributed by atoms with Crippen molar-refractivity contribution in [3.05, 3.63) is 0 Å². The molecule has 0 unspecified atom stereocenters. The molecule has 0 spiro atoms. The molecule has 1 amide bonds. The predicted molar refractivity (Wildman–Crippen MR) is 102 cm³/mol. The second-order valence-corrected chi connectivity index (χ2v) is 8.74. The fraction of sp³-hybridized carbons (Fsp3) is 0.900. The third-order valence-electron chi connectivity index (χ3n) is 5.22. The van der Waals surface area contributed by atoms with Crippen LogP contribution in [0.25, 0.3) is 0 Å². The van der Waals surface area contributed by atoms with Gasteiger partial charge in [0.2, 0.25) is 0 Å². The summed E-state index contributed by atoms with van der Waals surface area (Å²) in [6, 6.07) is -0.673. The molecule has 2 aliphatic rings. The lowest BCUT2D eigenvalue weighted by atomic mass is 9.90. The van der Waals surface area contributed by atoms with Crippen molar-refractivity contribution >= 4 is 12.1 Å². The Morgan fingerprint density at radius 2 is 1.48 bits per heavy atom. The first-order valence-electron chi connectivity index (χ1n) is 10.4. The van der Waals surface area contributed by atoms with Gasteiger partial charge in [-0.3, -0.25) is 0 Å². The maximum Gasteiger partial charge on any atom is 0.408 e. The zero-order chi connectivity index (χ0) is 19.9. The van der Waals surface area contributed by atoms with Crippen LogP contribution in [0.1, 0.15) is 85.0 Å². The summed E-state index contributed by atoms with van der Waals surface area (Å²) >= 11 is 0. The molecule has 0 radical (unpaired) electrons. The second-order valence-electron chi connectivity index (χ2n) is 8.74. The Kier molecular flexibility index (Phi) is 8.35. The quantitative estimate of drug-likeness (QED) is 0.683. The molecule has 2 aliphatic carbocycles. The molecule has 0 aromatic carbocycles. The molecule has 2 N–H and O–H groups in total. The highest BCUT2D eigenvalue weighted by Crippen LogP contribution is 2.30. The summed E-state index contributed by atoms with van der Waals surface area (Å²) in [6.07, 6.45) is 10.4. The normalized spacial score (nSPS) is 20.9. The highest BCUT2D eigenvalue weighted by Gasteiger charge is 2.34. The molecule has 156 valence electrons. The number of nitrogens with zero attached hydrogens (tertiary/aromatic N) is 1. The van der Waals surface area contributed by atoms with Crippen LogP contribution in [-0.2, 0) is 14.4 Å². The number of aliphatic hydroxyl groups is 1. The average Bonchev–Trinajstić information content (AvgIpc) is 2.64. The van der Waals surface area contributed by atoms with E-state index < -0.39 is 30.3 Å². The zero-order valence-corrected chi connectivity index (χ0v) is 17.0. The van der Waals surface area contributed by atoms with Crippen molar-refractivity contribution in [1.82, 2.24) is 10.4 Å². The number of aliphatic hydroxyl groups excluding tert-OH is 1. The molecule has 27 heavy (non-hydrogen) atoms. The molecule has 1 atom stereocenters. The number of nitrogens with one attached hydrogen (secondary N) is 1. The minimum atomic E-state index is -1.13. The number of hydroxylamine groups is 2. The Hall–Kier alpha value is -1.34. The summed E-state index contributed by atoms with van der Waals surface area (Å²) < 4.78 is 5.18. The standard InChI is InChI=1S/C20H36N2O5/c1-20(2,3)26-19(25)21-17(14-23)18(24)27-22(15-10-6-4-7-11-15)16-12-8-5-9-13-16/h15-17,23H,4-14H2,1-3H3,(H,21,25)/t17-/m1/s1. The number of alkyl carbamates (subject to hydrolysis) is 1. The Bertz CT molecular complexity index is 461. The molecule has 2 rings (SSSR count). The Morgan fingerprint density at radius 3 is 1.89 bits per heavy atom. The number of rotatable bonds is 6. The van der Waals surface area contributed by atoms with E-state index in [1.165, 1.54) is 12.8 Å². The van der Waals surface area contributed by atoms with E-state index >= 15 is 0 Å². The van der Waals surface area contributed by atoms with E-state index in [0.717, 1.165) is 51.4 Å². The van der Waals surface area contributed by atoms with E-state index in [0.29, 0.717) is 0 Å². The number of carbonyl (C=O) groups excluding carboxylic acids is 2. The van der Waals surface area contributed by atoms with E-state index in [9.17, 15) is 14.7 Å². The van der Waals surface area contributed by atoms with Gasteiger partial charge in [0.05, 0.1) is 6.61 Å². The fourth-order valence-corrected chi connectivity index (χ4v) is 3.91. The van der Waals surface area contributed by atoms with Crippen LogP contribution in [0, 0.1) is 0 Å². The molecule has 0 saturated heterocycles. The number of carbonyl (C=O) groups is 2. The first-order chi connectivity index (χ1) is 12.8. The lowest BCUT2D eigenvalue weighted by Gasteiger charge is -2.40. The Morgan fingerprint density at radius 1 is 1.00 bits per heavy atom. The maximum atomic E-state index is 12.7. The fourth-order valence-electron chi connectivity index (χ4n) is 3.91. The molecular weight excluding hydrogens is 348 g/mol. The van der Waals surface area contributed by atoms with E-state index in [2.05, 4.69) is 5.32 Å². The maximum absolute atomic E-state index is 12.7. The third kappa shape index (κ3) is 7.30. The lowest BCUT2D eigenvalue weighted by Crippen LogP contribution is -2.52. The van der Waals surface area contributed by atoms with Crippen LogP contribution in [0.5, 0.6) is 0 Å². The molecule has 0 heterocycles. The van der Waals surface area contributed by atoms with Crippen molar-refractivity contribution in [1.29, 1.82) is 0 Å². The van der Waals surface area contributed by atoms with Gasteiger partial charge in [0.25, 0.3) is 0 Å². The molecule has 0 aromatic rings. The summed E-state index contributed by atoms with van der Waals surface area (Å²) in [6.45, 7) is 4.70. The van der Waals surface area contributed by atoms with Crippen molar-refractivity contribution < 1.29 is 24.3 Å². The largest absolute Gasteiger partial charge is 0.444 e. The second kappa shape index (κ2) is 10.3. The highest BCUT2D eigenvalue weighted by molar-refractivity contribution is 5.81. The molecule has 2 saturated carbocycles. The van der Waals surface area contributed by atoms with Crippen molar-refractivity contribution in [2.45, 2.75) is 109 Å². The number of hydrogen-bond donors (Lipinski definition) is 2. The van der Waals surface area contributed by atoms with Crippen LogP contribution in [-0.4, -0.2) is 52.6 Å². The van der Waals surface area contributed by atoms with Crippen molar-refractivity contribution in [3.63, 3.8) is 0 Å². The van der Waals surface area contributed by atoms with Crippen LogP contribution in [0.15, 0.2) is 0 Å². The molecular formula is C20H36N2O5. The van der Waals surface area contributed by atoms with E-state index in [-0.39, 0.29) is 12.1 Å². The van der Waals surface area contributed by atoms with Gasteiger partial charge in [-0.25, -0.2) is 9.59 Å². The van der Waals surface area contributed by atoms with Gasteiger partial charge in [-0.2, -0.15) is 0 Å². The first-order valence-corrected chi connectivity index (χ1v) is 10.4. The van der Waals surface area contributed by atoms with Gasteiger partial charge in [-0.05, 0) is 46.5 Å². The molecule has 2 fully saturated rings. The summed E-state index contributed by atoms with van der Waals surface area (Å²) in [5.41, 5.74) is -0.676. The van der Waals surface area contributed by atoms with Crippen molar-refractivity contribution in [3.8, 4) is 0 Å². The van der Waals surface area contributed by atoms with E-state index in [1.807, 2.05) is 5.06 Å². The average molecular weight is 385 g/mol. The van der Waals surface area contributed by atoms with Crippen LogP contribution in [0.3, 0.4) is 0 Å². The van der Waals surface area contributed by atoms with Crippen molar-refractivity contribution in [2.24, 2.45) is 0 Å². The van der Waals surface area contributed by atoms with Gasteiger partial charge in [0, 0.05) is 12.1 Å². The van der Waals surface area contributed by atoms with Gasteiger partial charge in [-0.1, -0.05) is 38.5 Å². The summed E-state index contributed by atoms with van der Waals surface area (Å²) in [5, 5.41) is 13.9. The van der Waals surface area contributed by atoms with Crippen LogP contribution in [0.2, 0.25) is 0 Å². The number of ether oxygens (including phenoxy) is 1. The number of amides is 1. The van der Waals surface area contributed by atoms with Crippen LogP contribution >= 0.6 is 0 Å². The SMILES string of the molecule is CC(C)(C)OC(=O)N[C@H](CO)C(=O)ON(C1CCCCC1)C1CCCCC1. The van der Waals surface area contributed by atoms with Gasteiger partial charge in [0.1, 0.15) is 5.60 Å². The van der Waals surface area contributed by atoms with Crippen LogP contribution < -0.4 is 5.32 Å². The summed E-state index contributed by atoms with van der Waals surface area (Å²) in [7, 11) is 0. The molecule has 0 aliphatic heterocycles. The smallest absolute Gasteiger partial charge is 0.408 e. The van der Waals surface area contributed by atoms with Gasteiger partial charge < -0.3 is 20.0 Å². The van der Waals surface area contributed by atoms with Gasteiger partial charge >= 0.3 is 12.1 Å². The highest BCUT2D eigenvalue weighted by atomic mass is 16.7. The Balaban J connectivity index is 2.00. The molecule has 7 heteroatoms. The van der Waals surface area contributed by atoms with Gasteiger partial charge in [0.15, 0.2) is 6.04 Å². The summed E-state index contributed by atoms with van der Waals surface area (Å²) in [4.78, 5) is 30.4. The minimum absolute atomic E-state index is 0.228. The monoisotopic (exact) mass is 384 g/mol. The van der Waals surface area contributed by atoms with E-state index in [1.54, 1.807) is 20.8 Å². The third-order valence-corrected chi connectivity index (χ3v) is 5.22. The number of hydrogen-bond acceptors (Lipinski definition) is 6. The van der Waals surface area contributed by atoms with E-state index in [4.69, 9.17) is 9.57 Å². The predicted octanol–water partition coefficient (Wildman–Crippen LogP) is 3.30. The summed E-state index contributed by atoms with van der Waals surface area (Å²) in [5.74, 6) is -0.625. The zero-order valence-electron chi connectivity index (χ0n) is 17.0. The minimum Gasteiger partial charge on any atom is -0.444 e. The molecule has 0 bridgehead atoms. The van der Waals surface area contributed by atoms with Crippen molar-refractivity contribution in [2.75, 3.05) is 6.61 Å². The molecule has 7 nitrogen and oxygen atoms in total. The first kappa shape index (κ1) is 22.0. The topological polar surface area (TPSA) is 88.1 Å².